The number of carbonyl (C=O) groups excluding carboxylic acids is 1. The van der Waals surface area contributed by atoms with E-state index in [2.05, 4.69) is 10.3 Å². The third-order valence-electron chi connectivity index (χ3n) is 3.29. The summed E-state index contributed by atoms with van der Waals surface area (Å²) in [5, 5.41) is 12.5. The Hall–Kier alpha value is -1.95. The number of phenolic OH excluding ortho intramolecular Hbond substituents is 1. The van der Waals surface area contributed by atoms with Crippen LogP contribution in [-0.4, -0.2) is 19.8 Å². The number of nitrogens with zero attached hydrogens (tertiary/aromatic N) is 1. The fourth-order valence-corrected chi connectivity index (χ4v) is 2.28. The minimum Gasteiger partial charge on any atom is -0.507 e. The average Bonchev–Trinajstić information content (AvgIpc) is 2.90. The van der Waals surface area contributed by atoms with Crippen molar-refractivity contribution in [1.29, 1.82) is 0 Å². The number of aryl methyl sites for hydroxylation is 1. The number of aromatic hydroxyl groups is 1. The lowest BCUT2D eigenvalue weighted by Gasteiger charge is -2.12. The summed E-state index contributed by atoms with van der Waals surface area (Å²) in [6, 6.07) is 9.92. The first-order chi connectivity index (χ1) is 11.2. The Morgan fingerprint density at radius 1 is 1.21 bits per heavy atom. The summed E-state index contributed by atoms with van der Waals surface area (Å²) in [4.78, 5) is 16.1. The van der Waals surface area contributed by atoms with E-state index in [0.717, 1.165) is 5.56 Å². The van der Waals surface area contributed by atoms with Gasteiger partial charge in [-0.3, -0.25) is 4.79 Å². The lowest BCUT2D eigenvalue weighted by molar-refractivity contribution is -0.115. The number of benzene rings is 2. The van der Waals surface area contributed by atoms with E-state index < -0.39 is 9.70 Å². The van der Waals surface area contributed by atoms with Gasteiger partial charge in [-0.1, -0.05) is 40.9 Å². The maximum atomic E-state index is 11.7. The number of fused-ring (bicyclic) bond motifs is 1. The lowest BCUT2D eigenvalue weighted by Crippen LogP contribution is -2.26. The first-order valence-electron chi connectivity index (χ1n) is 6.83. The Bertz CT molecular complexity index is 932. The van der Waals surface area contributed by atoms with Gasteiger partial charge in [0, 0.05) is 5.69 Å². The number of hydrogen-bond acceptors (Lipinski definition) is 4. The summed E-state index contributed by atoms with van der Waals surface area (Å²) >= 11 is 16.6. The molecule has 5 nitrogen and oxygen atoms in total. The van der Waals surface area contributed by atoms with Gasteiger partial charge in [0.2, 0.25) is 5.89 Å². The molecule has 3 rings (SSSR count). The lowest BCUT2D eigenvalue weighted by atomic mass is 10.1. The van der Waals surface area contributed by atoms with E-state index in [-0.39, 0.29) is 11.6 Å². The van der Waals surface area contributed by atoms with Crippen LogP contribution in [0, 0.1) is 6.92 Å². The molecule has 0 aliphatic carbocycles. The topological polar surface area (TPSA) is 75.4 Å². The number of oxazole rings is 1. The summed E-state index contributed by atoms with van der Waals surface area (Å²) in [7, 11) is 0. The largest absolute Gasteiger partial charge is 0.507 e. The van der Waals surface area contributed by atoms with Crippen molar-refractivity contribution in [2.24, 2.45) is 0 Å². The number of aromatic nitrogens is 1. The number of rotatable bonds is 2. The van der Waals surface area contributed by atoms with Crippen molar-refractivity contribution in [2.75, 3.05) is 5.32 Å². The predicted molar refractivity (Wildman–Crippen MR) is 94.8 cm³/mol. The minimum absolute atomic E-state index is 0.0508. The molecule has 2 aromatic carbocycles. The van der Waals surface area contributed by atoms with E-state index in [9.17, 15) is 9.90 Å². The second-order valence-corrected chi connectivity index (χ2v) is 7.46. The second kappa shape index (κ2) is 6.16. The summed E-state index contributed by atoms with van der Waals surface area (Å²) in [5.74, 6) is -0.638. The van der Waals surface area contributed by atoms with E-state index in [1.54, 1.807) is 6.07 Å². The van der Waals surface area contributed by atoms with Gasteiger partial charge in [0.05, 0.1) is 5.56 Å². The average molecular weight is 386 g/mol. The Balaban J connectivity index is 2.00. The van der Waals surface area contributed by atoms with E-state index in [1.165, 1.54) is 18.2 Å². The highest BCUT2D eigenvalue weighted by molar-refractivity contribution is 6.76. The molecule has 0 bridgehead atoms. The van der Waals surface area contributed by atoms with Crippen LogP contribution in [0.15, 0.2) is 40.8 Å². The quantitative estimate of drug-likeness (QED) is 0.490. The number of nitrogens with one attached hydrogen (secondary N) is 1. The van der Waals surface area contributed by atoms with Gasteiger partial charge in [-0.05, 0) is 42.8 Å². The van der Waals surface area contributed by atoms with Crippen molar-refractivity contribution in [3.63, 3.8) is 0 Å². The van der Waals surface area contributed by atoms with Gasteiger partial charge in [-0.15, -0.1) is 0 Å². The fourth-order valence-electron chi connectivity index (χ4n) is 2.14. The maximum Gasteiger partial charge on any atom is 0.276 e. The van der Waals surface area contributed by atoms with Crippen molar-refractivity contribution < 1.29 is 14.3 Å². The van der Waals surface area contributed by atoms with Crippen LogP contribution >= 0.6 is 34.8 Å². The van der Waals surface area contributed by atoms with Crippen LogP contribution in [-0.2, 0) is 4.79 Å². The first kappa shape index (κ1) is 16.9. The molecule has 0 aliphatic rings. The maximum absolute atomic E-state index is 11.7. The Morgan fingerprint density at radius 2 is 1.96 bits per heavy atom. The van der Waals surface area contributed by atoms with Crippen LogP contribution in [0.25, 0.3) is 22.6 Å². The van der Waals surface area contributed by atoms with Crippen LogP contribution < -0.4 is 5.32 Å². The number of amides is 1. The molecule has 0 unspecified atom stereocenters. The number of anilines is 1. The van der Waals surface area contributed by atoms with Crippen LogP contribution in [0.3, 0.4) is 0 Å². The molecule has 0 aliphatic heterocycles. The second-order valence-electron chi connectivity index (χ2n) is 5.17. The highest BCUT2D eigenvalue weighted by Crippen LogP contribution is 2.34. The summed E-state index contributed by atoms with van der Waals surface area (Å²) in [6.45, 7) is 1.94. The monoisotopic (exact) mass is 384 g/mol. The van der Waals surface area contributed by atoms with Crippen molar-refractivity contribution in [2.45, 2.75) is 10.7 Å². The first-order valence-corrected chi connectivity index (χ1v) is 7.96. The normalized spacial score (nSPS) is 11.7. The standard InChI is InChI=1S/C16H11Cl3N2O3/c1-8-2-5-13-11(6-8)21-14(24-13)10-7-9(3-4-12(10)22)20-15(23)16(17,18)19/h2-7,22H,1H3,(H,20,23). The highest BCUT2D eigenvalue weighted by atomic mass is 35.6. The van der Waals surface area contributed by atoms with E-state index in [1.807, 2.05) is 19.1 Å². The van der Waals surface area contributed by atoms with E-state index >= 15 is 0 Å². The molecule has 1 aromatic heterocycles. The molecular weight excluding hydrogens is 375 g/mol. The predicted octanol–water partition coefficient (Wildman–Crippen LogP) is 4.82. The van der Waals surface area contributed by atoms with Gasteiger partial charge < -0.3 is 14.8 Å². The summed E-state index contributed by atoms with van der Waals surface area (Å²) in [5.41, 5.74) is 2.93. The number of carbonyl (C=O) groups is 1. The molecule has 124 valence electrons. The molecule has 2 N–H and O–H groups in total. The van der Waals surface area contributed by atoms with Gasteiger partial charge in [-0.2, -0.15) is 0 Å². The molecule has 8 heteroatoms. The molecule has 24 heavy (non-hydrogen) atoms. The zero-order valence-corrected chi connectivity index (χ0v) is 14.6. The molecule has 0 atom stereocenters. The highest BCUT2D eigenvalue weighted by Gasteiger charge is 2.30. The van der Waals surface area contributed by atoms with Crippen LogP contribution in [0.4, 0.5) is 5.69 Å². The van der Waals surface area contributed by atoms with Crippen molar-refractivity contribution in [3.05, 3.63) is 42.0 Å². The molecule has 0 saturated carbocycles. The zero-order chi connectivity index (χ0) is 17.5. The fraction of sp³-hybridized carbons (Fsp3) is 0.125. The SMILES string of the molecule is Cc1ccc2oc(-c3cc(NC(=O)C(Cl)(Cl)Cl)ccc3O)nc2c1. The van der Waals surface area contributed by atoms with E-state index in [4.69, 9.17) is 39.2 Å². The van der Waals surface area contributed by atoms with Crippen molar-refractivity contribution >= 4 is 57.5 Å². The van der Waals surface area contributed by atoms with Gasteiger partial charge in [0.1, 0.15) is 11.3 Å². The Kier molecular flexibility index (Phi) is 4.34. The van der Waals surface area contributed by atoms with Gasteiger partial charge >= 0.3 is 0 Å². The smallest absolute Gasteiger partial charge is 0.276 e. The summed E-state index contributed by atoms with van der Waals surface area (Å²) < 4.78 is 3.57. The zero-order valence-electron chi connectivity index (χ0n) is 12.3. The molecule has 1 heterocycles. The number of alkyl halides is 3. The molecule has 3 aromatic rings. The third kappa shape index (κ3) is 3.43. The Labute approximate surface area is 152 Å². The minimum atomic E-state index is -2.09. The van der Waals surface area contributed by atoms with Gasteiger partial charge in [0.15, 0.2) is 5.58 Å². The van der Waals surface area contributed by atoms with Crippen molar-refractivity contribution in [1.82, 2.24) is 4.98 Å². The number of halogens is 3. The molecular formula is C16H11Cl3N2O3. The van der Waals surface area contributed by atoms with Gasteiger partial charge in [-0.25, -0.2) is 4.98 Å². The molecule has 0 spiro atoms. The van der Waals surface area contributed by atoms with Crippen molar-refractivity contribution in [3.8, 4) is 17.2 Å². The van der Waals surface area contributed by atoms with Crippen LogP contribution in [0.1, 0.15) is 5.56 Å². The molecule has 0 saturated heterocycles. The third-order valence-corrected chi connectivity index (χ3v) is 3.80. The van der Waals surface area contributed by atoms with E-state index in [0.29, 0.717) is 22.4 Å². The van der Waals surface area contributed by atoms with Gasteiger partial charge in [0.25, 0.3) is 9.70 Å². The number of hydrogen-bond donors (Lipinski definition) is 2. The summed E-state index contributed by atoms with van der Waals surface area (Å²) in [6.07, 6.45) is 0. The Morgan fingerprint density at radius 3 is 2.67 bits per heavy atom. The number of phenols is 1. The molecule has 0 radical (unpaired) electrons. The molecule has 1 amide bonds. The molecule has 0 fully saturated rings. The van der Waals surface area contributed by atoms with Crippen LogP contribution in [0.5, 0.6) is 5.75 Å². The van der Waals surface area contributed by atoms with Crippen LogP contribution in [0.2, 0.25) is 0 Å².